The van der Waals surface area contributed by atoms with Crippen LogP contribution < -0.4 is 10.1 Å². The van der Waals surface area contributed by atoms with E-state index >= 15 is 0 Å². The van der Waals surface area contributed by atoms with Crippen LogP contribution in [0.4, 0.5) is 0 Å². The van der Waals surface area contributed by atoms with Crippen LogP contribution in [0.3, 0.4) is 0 Å². The van der Waals surface area contributed by atoms with E-state index in [-0.39, 0.29) is 19.1 Å². The average Bonchev–Trinajstić information content (AvgIpc) is 2.92. The van der Waals surface area contributed by atoms with Crippen molar-refractivity contribution in [2.24, 2.45) is 0 Å². The van der Waals surface area contributed by atoms with E-state index in [1.807, 2.05) is 24.3 Å². The summed E-state index contributed by atoms with van der Waals surface area (Å²) in [5.74, 6) is 1.76. The molecule has 0 bridgehead atoms. The molecule has 0 aliphatic carbocycles. The van der Waals surface area contributed by atoms with Crippen LogP contribution in [0.5, 0.6) is 5.75 Å². The molecule has 130 valence electrons. The van der Waals surface area contributed by atoms with E-state index in [2.05, 4.69) is 5.32 Å². The number of aliphatic hydroxyl groups is 1. The lowest BCUT2D eigenvalue weighted by atomic mass is 10.2. The molecule has 0 saturated heterocycles. The average molecular weight is 333 g/mol. The summed E-state index contributed by atoms with van der Waals surface area (Å²) in [5.41, 5.74) is 1.47. The number of hydrogen-bond acceptors (Lipinski definition) is 5. The van der Waals surface area contributed by atoms with Crippen LogP contribution in [0, 0.1) is 13.8 Å². The van der Waals surface area contributed by atoms with E-state index in [0.29, 0.717) is 23.7 Å². The molecule has 2 rings (SSSR count). The molecule has 0 fully saturated rings. The Morgan fingerprint density at radius 1 is 1.29 bits per heavy atom. The minimum Gasteiger partial charge on any atom is -0.497 e. The summed E-state index contributed by atoms with van der Waals surface area (Å²) in [6.07, 6.45) is -0.777. The molecule has 0 aliphatic rings. The van der Waals surface area contributed by atoms with Gasteiger partial charge < -0.3 is 24.3 Å². The van der Waals surface area contributed by atoms with Crippen molar-refractivity contribution in [2.45, 2.75) is 26.6 Å². The lowest BCUT2D eigenvalue weighted by Gasteiger charge is -2.12. The Morgan fingerprint density at radius 2 is 2.00 bits per heavy atom. The number of methoxy groups -OCH3 is 1. The monoisotopic (exact) mass is 333 g/mol. The molecule has 1 atom stereocenters. The molecule has 1 aromatic carbocycles. The molecule has 0 spiro atoms. The van der Waals surface area contributed by atoms with Crippen molar-refractivity contribution in [3.8, 4) is 5.75 Å². The quantitative estimate of drug-likeness (QED) is 0.774. The van der Waals surface area contributed by atoms with Gasteiger partial charge in [-0.3, -0.25) is 4.79 Å². The zero-order valence-electron chi connectivity index (χ0n) is 14.2. The number of aryl methyl sites for hydroxylation is 2. The van der Waals surface area contributed by atoms with E-state index < -0.39 is 6.10 Å². The fraction of sp³-hybridized carbons (Fsp3) is 0.389. The van der Waals surface area contributed by atoms with E-state index in [9.17, 15) is 9.90 Å². The van der Waals surface area contributed by atoms with Crippen LogP contribution in [0.15, 0.2) is 34.7 Å². The van der Waals surface area contributed by atoms with Gasteiger partial charge in [-0.05, 0) is 37.6 Å². The Kier molecular flexibility index (Phi) is 6.40. The number of benzene rings is 1. The van der Waals surface area contributed by atoms with E-state index in [0.717, 1.165) is 11.3 Å². The van der Waals surface area contributed by atoms with Gasteiger partial charge in [-0.1, -0.05) is 12.1 Å². The summed E-state index contributed by atoms with van der Waals surface area (Å²) in [6, 6.07) is 9.18. The lowest BCUT2D eigenvalue weighted by Crippen LogP contribution is -2.34. The molecule has 0 aliphatic heterocycles. The largest absolute Gasteiger partial charge is 0.497 e. The van der Waals surface area contributed by atoms with E-state index in [1.54, 1.807) is 27.0 Å². The molecule has 1 amide bonds. The predicted octanol–water partition coefficient (Wildman–Crippen LogP) is 2.21. The minimum atomic E-state index is -0.777. The lowest BCUT2D eigenvalue weighted by molar-refractivity contribution is 0.0285. The normalized spacial score (nSPS) is 12.0. The number of aliphatic hydroxyl groups excluding tert-OH is 1. The van der Waals surface area contributed by atoms with Gasteiger partial charge in [0.15, 0.2) is 0 Å². The summed E-state index contributed by atoms with van der Waals surface area (Å²) in [6.45, 7) is 4.15. The summed E-state index contributed by atoms with van der Waals surface area (Å²) in [7, 11) is 1.61. The van der Waals surface area contributed by atoms with Gasteiger partial charge >= 0.3 is 0 Å². The Balaban J connectivity index is 1.70. The third kappa shape index (κ3) is 5.11. The number of nitrogens with one attached hydrogen (secondary N) is 1. The Bertz CT molecular complexity index is 663. The smallest absolute Gasteiger partial charge is 0.254 e. The maximum Gasteiger partial charge on any atom is 0.254 e. The topological polar surface area (TPSA) is 80.9 Å². The summed E-state index contributed by atoms with van der Waals surface area (Å²) in [4.78, 5) is 12.0. The highest BCUT2D eigenvalue weighted by molar-refractivity contribution is 5.95. The van der Waals surface area contributed by atoms with E-state index in [1.165, 1.54) is 0 Å². The predicted molar refractivity (Wildman–Crippen MR) is 89.2 cm³/mol. The number of carbonyl (C=O) groups is 1. The Labute approximate surface area is 141 Å². The number of furan rings is 1. The van der Waals surface area contributed by atoms with Gasteiger partial charge in [-0.2, -0.15) is 0 Å². The summed E-state index contributed by atoms with van der Waals surface area (Å²) in [5, 5.41) is 12.6. The van der Waals surface area contributed by atoms with Crippen molar-refractivity contribution in [1.29, 1.82) is 0 Å². The molecule has 0 radical (unpaired) electrons. The highest BCUT2D eigenvalue weighted by atomic mass is 16.5. The first-order valence-corrected chi connectivity index (χ1v) is 7.73. The molecule has 6 heteroatoms. The van der Waals surface area contributed by atoms with Crippen molar-refractivity contribution in [3.63, 3.8) is 0 Å². The van der Waals surface area contributed by atoms with Crippen molar-refractivity contribution in [2.75, 3.05) is 20.3 Å². The van der Waals surface area contributed by atoms with Crippen molar-refractivity contribution in [3.05, 3.63) is 53.0 Å². The molecule has 2 N–H and O–H groups in total. The summed E-state index contributed by atoms with van der Waals surface area (Å²) >= 11 is 0. The zero-order valence-corrected chi connectivity index (χ0v) is 14.2. The number of rotatable bonds is 8. The van der Waals surface area contributed by atoms with Gasteiger partial charge in [0.05, 0.1) is 32.0 Å². The molecule has 0 saturated carbocycles. The highest BCUT2D eigenvalue weighted by Crippen LogP contribution is 2.13. The first kappa shape index (κ1) is 18.0. The second-order valence-corrected chi connectivity index (χ2v) is 5.55. The van der Waals surface area contributed by atoms with Gasteiger partial charge in [0.1, 0.15) is 17.3 Å². The standard InChI is InChI=1S/C18H23NO5/c1-12-8-17(13(2)24-12)18(21)19-9-15(20)11-23-10-14-4-6-16(22-3)7-5-14/h4-8,15,20H,9-11H2,1-3H3,(H,19,21)/t15-/m0/s1. The fourth-order valence-corrected chi connectivity index (χ4v) is 2.26. The van der Waals surface area contributed by atoms with Crippen LogP contribution in [0.25, 0.3) is 0 Å². The maximum absolute atomic E-state index is 12.0. The SMILES string of the molecule is COc1ccc(COC[C@@H](O)CNC(=O)c2cc(C)oc2C)cc1. The van der Waals surface area contributed by atoms with Crippen molar-refractivity contribution >= 4 is 5.91 Å². The van der Waals surface area contributed by atoms with Crippen LogP contribution in [-0.4, -0.2) is 37.4 Å². The van der Waals surface area contributed by atoms with Crippen molar-refractivity contribution < 1.29 is 23.8 Å². The summed E-state index contributed by atoms with van der Waals surface area (Å²) < 4.78 is 15.9. The number of carbonyl (C=O) groups excluding carboxylic acids is 1. The fourth-order valence-electron chi connectivity index (χ4n) is 2.26. The van der Waals surface area contributed by atoms with Crippen LogP contribution in [0.1, 0.15) is 27.4 Å². The Morgan fingerprint density at radius 3 is 2.58 bits per heavy atom. The molecule has 1 aromatic heterocycles. The second-order valence-electron chi connectivity index (χ2n) is 5.55. The molecule has 0 unspecified atom stereocenters. The molecular weight excluding hydrogens is 310 g/mol. The third-order valence-corrected chi connectivity index (χ3v) is 3.52. The zero-order chi connectivity index (χ0) is 17.5. The molecule has 6 nitrogen and oxygen atoms in total. The van der Waals surface area contributed by atoms with Crippen LogP contribution >= 0.6 is 0 Å². The van der Waals surface area contributed by atoms with Gasteiger partial charge in [-0.15, -0.1) is 0 Å². The molecule has 24 heavy (non-hydrogen) atoms. The van der Waals surface area contributed by atoms with Crippen molar-refractivity contribution in [1.82, 2.24) is 5.32 Å². The first-order chi connectivity index (χ1) is 11.5. The van der Waals surface area contributed by atoms with Gasteiger partial charge in [0, 0.05) is 6.54 Å². The Hall–Kier alpha value is -2.31. The number of amides is 1. The van der Waals surface area contributed by atoms with Gasteiger partial charge in [-0.25, -0.2) is 0 Å². The van der Waals surface area contributed by atoms with E-state index in [4.69, 9.17) is 13.9 Å². The molecular formula is C18H23NO5. The number of ether oxygens (including phenoxy) is 2. The second kappa shape index (κ2) is 8.52. The third-order valence-electron chi connectivity index (χ3n) is 3.52. The first-order valence-electron chi connectivity index (χ1n) is 7.73. The van der Waals surface area contributed by atoms with Gasteiger partial charge in [0.2, 0.25) is 0 Å². The maximum atomic E-state index is 12.0. The molecule has 1 heterocycles. The minimum absolute atomic E-state index is 0.116. The highest BCUT2D eigenvalue weighted by Gasteiger charge is 2.14. The van der Waals surface area contributed by atoms with Crippen LogP contribution in [-0.2, 0) is 11.3 Å². The number of hydrogen-bond donors (Lipinski definition) is 2. The van der Waals surface area contributed by atoms with Gasteiger partial charge in [0.25, 0.3) is 5.91 Å². The van der Waals surface area contributed by atoms with Crippen LogP contribution in [0.2, 0.25) is 0 Å². The molecule has 2 aromatic rings.